The standard InChI is InChI=1S/C25H23F2N3O/c1-15(2)30-13-18(11-16-3-7-19(26)8-4-16)24-22(14-30)23(21(12-28)25(29)31-24)17-5-9-20(27)10-6-17/h3-11,15,23H,13-14,29H2,1-2H3/b18-11-. The van der Waals surface area contributed by atoms with E-state index in [1.807, 2.05) is 6.08 Å². The Bertz CT molecular complexity index is 1120. The molecule has 2 aliphatic rings. The van der Waals surface area contributed by atoms with Gasteiger partial charge in [-0.2, -0.15) is 5.26 Å². The number of nitrogens with two attached hydrogens (primary N) is 1. The maximum absolute atomic E-state index is 13.6. The average Bonchev–Trinajstić information content (AvgIpc) is 2.75. The highest BCUT2D eigenvalue weighted by Crippen LogP contribution is 2.44. The van der Waals surface area contributed by atoms with Gasteiger partial charge in [0.05, 0.1) is 5.92 Å². The molecular weight excluding hydrogens is 396 g/mol. The van der Waals surface area contributed by atoms with Gasteiger partial charge in [0.1, 0.15) is 29.0 Å². The van der Waals surface area contributed by atoms with Crippen molar-refractivity contribution in [2.75, 3.05) is 13.1 Å². The summed E-state index contributed by atoms with van der Waals surface area (Å²) in [6.07, 6.45) is 1.95. The van der Waals surface area contributed by atoms with E-state index in [-0.39, 0.29) is 23.6 Å². The van der Waals surface area contributed by atoms with Crippen LogP contribution in [0.4, 0.5) is 8.78 Å². The molecule has 0 fully saturated rings. The van der Waals surface area contributed by atoms with Crippen LogP contribution in [0.15, 0.2) is 76.9 Å². The fourth-order valence-electron chi connectivity index (χ4n) is 4.06. The smallest absolute Gasteiger partial charge is 0.205 e. The van der Waals surface area contributed by atoms with E-state index in [1.165, 1.54) is 24.3 Å². The van der Waals surface area contributed by atoms with E-state index in [0.717, 1.165) is 22.3 Å². The molecule has 0 aromatic heterocycles. The van der Waals surface area contributed by atoms with Crippen molar-refractivity contribution in [3.05, 3.63) is 99.7 Å². The van der Waals surface area contributed by atoms with Crippen LogP contribution in [-0.2, 0) is 4.74 Å². The third-order valence-electron chi connectivity index (χ3n) is 5.71. The van der Waals surface area contributed by atoms with Crippen molar-refractivity contribution in [3.8, 4) is 6.07 Å². The van der Waals surface area contributed by atoms with Crippen LogP contribution in [0.2, 0.25) is 0 Å². The Morgan fingerprint density at radius 2 is 1.68 bits per heavy atom. The Balaban J connectivity index is 1.88. The topological polar surface area (TPSA) is 62.3 Å². The number of benzene rings is 2. The maximum atomic E-state index is 13.6. The van der Waals surface area contributed by atoms with Crippen molar-refractivity contribution < 1.29 is 13.5 Å². The molecule has 0 saturated heterocycles. The van der Waals surface area contributed by atoms with Gasteiger partial charge in [-0.1, -0.05) is 24.3 Å². The molecule has 4 rings (SSSR count). The lowest BCUT2D eigenvalue weighted by atomic mass is 9.80. The molecule has 6 heteroatoms. The Morgan fingerprint density at radius 3 is 2.26 bits per heavy atom. The van der Waals surface area contributed by atoms with Crippen LogP contribution in [0.25, 0.3) is 6.08 Å². The van der Waals surface area contributed by atoms with Gasteiger partial charge in [0, 0.05) is 24.7 Å². The first-order valence-electron chi connectivity index (χ1n) is 10.1. The first-order valence-corrected chi connectivity index (χ1v) is 10.1. The Labute approximate surface area is 180 Å². The number of hydrogen-bond acceptors (Lipinski definition) is 4. The van der Waals surface area contributed by atoms with E-state index in [0.29, 0.717) is 24.4 Å². The fourth-order valence-corrected chi connectivity index (χ4v) is 4.06. The molecule has 2 aromatic carbocycles. The van der Waals surface area contributed by atoms with E-state index in [9.17, 15) is 14.0 Å². The second kappa shape index (κ2) is 8.37. The molecule has 0 radical (unpaired) electrons. The van der Waals surface area contributed by atoms with E-state index in [4.69, 9.17) is 10.5 Å². The molecule has 2 heterocycles. The number of rotatable bonds is 3. The molecule has 2 N–H and O–H groups in total. The van der Waals surface area contributed by atoms with Gasteiger partial charge in [0.25, 0.3) is 0 Å². The number of hydrogen-bond donors (Lipinski definition) is 1. The molecule has 0 amide bonds. The second-order valence-corrected chi connectivity index (χ2v) is 8.05. The molecule has 0 aliphatic carbocycles. The second-order valence-electron chi connectivity index (χ2n) is 8.05. The van der Waals surface area contributed by atoms with Gasteiger partial charge in [-0.3, -0.25) is 4.90 Å². The normalized spacial score (nSPS) is 20.6. The predicted molar refractivity (Wildman–Crippen MR) is 115 cm³/mol. The van der Waals surface area contributed by atoms with Crippen LogP contribution < -0.4 is 5.73 Å². The summed E-state index contributed by atoms with van der Waals surface area (Å²) in [7, 11) is 0. The lowest BCUT2D eigenvalue weighted by Crippen LogP contribution is -2.41. The van der Waals surface area contributed by atoms with Crippen LogP contribution in [0, 0.1) is 23.0 Å². The van der Waals surface area contributed by atoms with Crippen molar-refractivity contribution in [1.82, 2.24) is 4.90 Å². The van der Waals surface area contributed by atoms with Crippen LogP contribution in [0.3, 0.4) is 0 Å². The van der Waals surface area contributed by atoms with Crippen molar-refractivity contribution in [3.63, 3.8) is 0 Å². The van der Waals surface area contributed by atoms with Crippen LogP contribution >= 0.6 is 0 Å². The number of halogens is 2. The minimum absolute atomic E-state index is 0.0542. The number of nitriles is 1. The summed E-state index contributed by atoms with van der Waals surface area (Å²) in [5, 5.41) is 9.81. The molecule has 2 aromatic rings. The molecule has 4 nitrogen and oxygen atoms in total. The fraction of sp³-hybridized carbons (Fsp3) is 0.240. The lowest BCUT2D eigenvalue weighted by molar-refractivity contribution is 0.208. The molecule has 158 valence electrons. The summed E-state index contributed by atoms with van der Waals surface area (Å²) in [4.78, 5) is 2.27. The van der Waals surface area contributed by atoms with E-state index >= 15 is 0 Å². The average molecular weight is 419 g/mol. The molecule has 0 saturated carbocycles. The highest BCUT2D eigenvalue weighted by atomic mass is 19.1. The van der Waals surface area contributed by atoms with Crippen molar-refractivity contribution >= 4 is 6.08 Å². The highest BCUT2D eigenvalue weighted by molar-refractivity contribution is 5.63. The summed E-state index contributed by atoms with van der Waals surface area (Å²) in [6, 6.07) is 14.8. The van der Waals surface area contributed by atoms with Crippen molar-refractivity contribution in [2.24, 2.45) is 5.73 Å². The minimum Gasteiger partial charge on any atom is -0.440 e. The van der Waals surface area contributed by atoms with E-state index in [2.05, 4.69) is 24.8 Å². The lowest BCUT2D eigenvalue weighted by Gasteiger charge is -2.39. The molecule has 31 heavy (non-hydrogen) atoms. The zero-order valence-electron chi connectivity index (χ0n) is 17.4. The Morgan fingerprint density at radius 1 is 1.06 bits per heavy atom. The summed E-state index contributed by atoms with van der Waals surface area (Å²) in [6.45, 7) is 5.42. The Hall–Kier alpha value is -3.43. The van der Waals surface area contributed by atoms with Gasteiger partial charge in [-0.05, 0) is 60.9 Å². The minimum atomic E-state index is -0.424. The quantitative estimate of drug-likeness (QED) is 0.774. The maximum Gasteiger partial charge on any atom is 0.205 e. The van der Waals surface area contributed by atoms with Gasteiger partial charge < -0.3 is 10.5 Å². The summed E-state index contributed by atoms with van der Waals surface area (Å²) in [5.41, 5.74) is 9.90. The summed E-state index contributed by atoms with van der Waals surface area (Å²) >= 11 is 0. The van der Waals surface area contributed by atoms with Crippen molar-refractivity contribution in [1.29, 1.82) is 5.26 Å². The molecule has 2 aliphatic heterocycles. The third-order valence-corrected chi connectivity index (χ3v) is 5.71. The zero-order chi connectivity index (χ0) is 22.1. The van der Waals surface area contributed by atoms with Gasteiger partial charge in [-0.25, -0.2) is 8.78 Å². The monoisotopic (exact) mass is 419 g/mol. The van der Waals surface area contributed by atoms with Gasteiger partial charge in [0.2, 0.25) is 5.88 Å². The van der Waals surface area contributed by atoms with E-state index < -0.39 is 5.92 Å². The van der Waals surface area contributed by atoms with Crippen LogP contribution in [0.5, 0.6) is 0 Å². The number of nitrogens with zero attached hydrogens (tertiary/aromatic N) is 2. The summed E-state index contributed by atoms with van der Waals surface area (Å²) < 4.78 is 32.9. The SMILES string of the molecule is CC(C)N1CC2=C(OC(N)=C(C#N)C2c2ccc(F)cc2)/C(=C\c2ccc(F)cc2)C1. The number of allylic oxidation sites excluding steroid dienone is 1. The van der Waals surface area contributed by atoms with Crippen molar-refractivity contribution in [2.45, 2.75) is 25.8 Å². The van der Waals surface area contributed by atoms with Gasteiger partial charge >= 0.3 is 0 Å². The van der Waals surface area contributed by atoms with Crippen LogP contribution in [-0.4, -0.2) is 24.0 Å². The highest BCUT2D eigenvalue weighted by Gasteiger charge is 2.38. The largest absolute Gasteiger partial charge is 0.440 e. The first-order chi connectivity index (χ1) is 14.9. The molecule has 1 unspecified atom stereocenters. The molecule has 1 atom stereocenters. The Kier molecular flexibility index (Phi) is 5.62. The predicted octanol–water partition coefficient (Wildman–Crippen LogP) is 4.83. The molecular formula is C25H23F2N3O. The summed E-state index contributed by atoms with van der Waals surface area (Å²) in [5.74, 6) is -0.381. The molecule has 0 bridgehead atoms. The zero-order valence-corrected chi connectivity index (χ0v) is 17.4. The van der Waals surface area contributed by atoms with Gasteiger partial charge in [0.15, 0.2) is 0 Å². The number of ether oxygens (including phenoxy) is 1. The first kappa shape index (κ1) is 20.8. The van der Waals surface area contributed by atoms with Crippen LogP contribution in [0.1, 0.15) is 30.9 Å². The van der Waals surface area contributed by atoms with E-state index in [1.54, 1.807) is 24.3 Å². The van der Waals surface area contributed by atoms with Gasteiger partial charge in [-0.15, -0.1) is 0 Å². The third kappa shape index (κ3) is 4.10. The molecule has 0 spiro atoms.